The van der Waals surface area contributed by atoms with Crippen molar-refractivity contribution in [1.29, 1.82) is 0 Å². The number of carbonyl (C=O) groups is 1. The predicted octanol–water partition coefficient (Wildman–Crippen LogP) is 1.79. The molecular weight excluding hydrogens is 340 g/mol. The van der Waals surface area contributed by atoms with Crippen LogP contribution in [0.15, 0.2) is 55.2 Å². The second kappa shape index (κ2) is 7.28. The second-order valence-electron chi connectivity index (χ2n) is 7.00. The summed E-state index contributed by atoms with van der Waals surface area (Å²) in [5, 5.41) is 7.53. The van der Waals surface area contributed by atoms with Crippen molar-refractivity contribution in [2.75, 3.05) is 20.6 Å². The molecular formula is C20H22N6O. The van der Waals surface area contributed by atoms with E-state index >= 15 is 0 Å². The van der Waals surface area contributed by atoms with E-state index in [9.17, 15) is 4.79 Å². The standard InChI is InChI=1S/C20H22N6O/c1-24-11-17-6-4-3-5-15(17)9-18(24)12-25(2)20(27)16-7-8-19(21-10-16)26-13-22-23-14-26/h3-8,10,13-14,18H,9,11-12H2,1-2H3. The van der Waals surface area contributed by atoms with Crippen LogP contribution in [-0.4, -0.2) is 62.1 Å². The summed E-state index contributed by atoms with van der Waals surface area (Å²) < 4.78 is 1.70. The lowest BCUT2D eigenvalue weighted by Gasteiger charge is -2.36. The highest BCUT2D eigenvalue weighted by molar-refractivity contribution is 5.93. The van der Waals surface area contributed by atoms with E-state index in [0.717, 1.165) is 13.0 Å². The summed E-state index contributed by atoms with van der Waals surface area (Å²) in [6, 6.07) is 12.4. The number of aromatic nitrogens is 4. The van der Waals surface area contributed by atoms with Gasteiger partial charge in [0.05, 0.1) is 5.56 Å². The van der Waals surface area contributed by atoms with Crippen LogP contribution in [0.3, 0.4) is 0 Å². The third-order valence-electron chi connectivity index (χ3n) is 5.13. The third kappa shape index (κ3) is 3.59. The quantitative estimate of drug-likeness (QED) is 0.708. The molecule has 138 valence electrons. The molecule has 0 saturated carbocycles. The van der Waals surface area contributed by atoms with Crippen molar-refractivity contribution in [2.24, 2.45) is 0 Å². The summed E-state index contributed by atoms with van der Waals surface area (Å²) in [6.45, 7) is 1.59. The maximum absolute atomic E-state index is 12.8. The molecule has 0 aliphatic carbocycles. The third-order valence-corrected chi connectivity index (χ3v) is 5.13. The molecule has 3 heterocycles. The highest BCUT2D eigenvalue weighted by Gasteiger charge is 2.25. The number of benzene rings is 1. The summed E-state index contributed by atoms with van der Waals surface area (Å²) in [4.78, 5) is 21.2. The second-order valence-corrected chi connectivity index (χ2v) is 7.00. The Morgan fingerprint density at radius 2 is 1.89 bits per heavy atom. The molecule has 27 heavy (non-hydrogen) atoms. The van der Waals surface area contributed by atoms with Crippen molar-refractivity contribution in [3.63, 3.8) is 0 Å². The van der Waals surface area contributed by atoms with Crippen molar-refractivity contribution >= 4 is 5.91 Å². The monoisotopic (exact) mass is 362 g/mol. The van der Waals surface area contributed by atoms with Crippen molar-refractivity contribution < 1.29 is 4.79 Å². The minimum atomic E-state index is -0.0231. The Kier molecular flexibility index (Phi) is 4.68. The van der Waals surface area contributed by atoms with Crippen LogP contribution < -0.4 is 0 Å². The predicted molar refractivity (Wildman–Crippen MR) is 102 cm³/mol. The first kappa shape index (κ1) is 17.4. The molecule has 1 aliphatic rings. The Morgan fingerprint density at radius 1 is 1.15 bits per heavy atom. The smallest absolute Gasteiger partial charge is 0.255 e. The summed E-state index contributed by atoms with van der Waals surface area (Å²) >= 11 is 0. The van der Waals surface area contributed by atoms with Crippen molar-refractivity contribution in [1.82, 2.24) is 29.5 Å². The van der Waals surface area contributed by atoms with Gasteiger partial charge in [0.15, 0.2) is 0 Å². The molecule has 1 atom stereocenters. The zero-order valence-corrected chi connectivity index (χ0v) is 15.5. The number of fused-ring (bicyclic) bond motifs is 1. The Balaban J connectivity index is 1.43. The fourth-order valence-electron chi connectivity index (χ4n) is 3.53. The van der Waals surface area contributed by atoms with Crippen LogP contribution in [0, 0.1) is 0 Å². The summed E-state index contributed by atoms with van der Waals surface area (Å²) in [5.41, 5.74) is 3.33. The van der Waals surface area contributed by atoms with E-state index in [0.29, 0.717) is 24.0 Å². The first-order chi connectivity index (χ1) is 13.1. The first-order valence-corrected chi connectivity index (χ1v) is 8.95. The van der Waals surface area contributed by atoms with Crippen LogP contribution in [0.1, 0.15) is 21.5 Å². The lowest BCUT2D eigenvalue weighted by molar-refractivity contribution is 0.0733. The molecule has 2 aromatic heterocycles. The van der Waals surface area contributed by atoms with Gasteiger partial charge in [0.1, 0.15) is 18.5 Å². The van der Waals surface area contributed by atoms with E-state index in [4.69, 9.17) is 0 Å². The largest absolute Gasteiger partial charge is 0.340 e. The van der Waals surface area contributed by atoms with Crippen molar-refractivity contribution in [2.45, 2.75) is 19.0 Å². The lowest BCUT2D eigenvalue weighted by atomic mass is 9.94. The van der Waals surface area contributed by atoms with Gasteiger partial charge in [-0.05, 0) is 36.7 Å². The van der Waals surface area contributed by atoms with Crippen LogP contribution in [0.4, 0.5) is 0 Å². The fraction of sp³-hybridized carbons (Fsp3) is 0.300. The normalized spacial score (nSPS) is 16.7. The molecule has 1 aromatic carbocycles. The summed E-state index contributed by atoms with van der Waals surface area (Å²) in [6.07, 6.45) is 5.71. The zero-order valence-electron chi connectivity index (χ0n) is 15.5. The van der Waals surface area contributed by atoms with Crippen molar-refractivity contribution in [3.8, 4) is 5.82 Å². The average Bonchev–Trinajstić information content (AvgIpc) is 3.23. The molecule has 1 amide bonds. The van der Waals surface area contributed by atoms with Gasteiger partial charge in [-0.3, -0.25) is 14.3 Å². The Morgan fingerprint density at radius 3 is 2.59 bits per heavy atom. The number of amides is 1. The molecule has 0 N–H and O–H groups in total. The Labute approximate surface area is 158 Å². The number of nitrogens with zero attached hydrogens (tertiary/aromatic N) is 6. The maximum atomic E-state index is 12.8. The molecule has 1 unspecified atom stereocenters. The van der Waals surface area contributed by atoms with Crippen LogP contribution in [0.2, 0.25) is 0 Å². The summed E-state index contributed by atoms with van der Waals surface area (Å²) in [7, 11) is 3.97. The number of hydrogen-bond donors (Lipinski definition) is 0. The number of pyridine rings is 1. The van der Waals surface area contributed by atoms with Crippen molar-refractivity contribution in [3.05, 3.63) is 71.9 Å². The summed E-state index contributed by atoms with van der Waals surface area (Å²) in [5.74, 6) is 0.660. The molecule has 1 aliphatic heterocycles. The first-order valence-electron chi connectivity index (χ1n) is 8.95. The minimum Gasteiger partial charge on any atom is -0.340 e. The average molecular weight is 362 g/mol. The van der Waals surface area contributed by atoms with Gasteiger partial charge >= 0.3 is 0 Å². The Bertz CT molecular complexity index is 922. The SMILES string of the molecule is CN(CC1Cc2ccccc2CN1C)C(=O)c1ccc(-n2cnnc2)nc1. The van der Waals surface area contributed by atoms with Gasteiger partial charge < -0.3 is 4.90 Å². The molecule has 7 heteroatoms. The topological polar surface area (TPSA) is 67.2 Å². The number of likely N-dealkylation sites (N-methyl/N-ethyl adjacent to an activating group) is 2. The van der Waals surface area contributed by atoms with E-state index < -0.39 is 0 Å². The van der Waals surface area contributed by atoms with Gasteiger partial charge in [0.25, 0.3) is 5.91 Å². The molecule has 7 nitrogen and oxygen atoms in total. The van der Waals surface area contributed by atoms with Gasteiger partial charge in [-0.2, -0.15) is 0 Å². The molecule has 4 rings (SSSR count). The van der Waals surface area contributed by atoms with E-state index in [2.05, 4.69) is 51.4 Å². The molecule has 0 radical (unpaired) electrons. The van der Waals surface area contributed by atoms with E-state index in [-0.39, 0.29) is 5.91 Å². The van der Waals surface area contributed by atoms with Crippen LogP contribution in [0.5, 0.6) is 0 Å². The molecule has 3 aromatic rings. The van der Waals surface area contributed by atoms with Gasteiger partial charge in [-0.1, -0.05) is 24.3 Å². The van der Waals surface area contributed by atoms with E-state index in [1.165, 1.54) is 11.1 Å². The molecule has 0 fully saturated rings. The lowest BCUT2D eigenvalue weighted by Crippen LogP contribution is -2.46. The maximum Gasteiger partial charge on any atom is 0.255 e. The minimum absolute atomic E-state index is 0.0231. The highest BCUT2D eigenvalue weighted by Crippen LogP contribution is 2.22. The highest BCUT2D eigenvalue weighted by atomic mass is 16.2. The van der Waals surface area contributed by atoms with Crippen LogP contribution in [-0.2, 0) is 13.0 Å². The number of rotatable bonds is 4. The zero-order chi connectivity index (χ0) is 18.8. The molecule has 0 spiro atoms. The van der Waals surface area contributed by atoms with Gasteiger partial charge in [0, 0.05) is 32.4 Å². The molecule has 0 bridgehead atoms. The van der Waals surface area contributed by atoms with Crippen LogP contribution >= 0.6 is 0 Å². The van der Waals surface area contributed by atoms with Crippen LogP contribution in [0.25, 0.3) is 5.82 Å². The number of hydrogen-bond acceptors (Lipinski definition) is 5. The van der Waals surface area contributed by atoms with Gasteiger partial charge in [-0.15, -0.1) is 10.2 Å². The van der Waals surface area contributed by atoms with E-state index in [1.54, 1.807) is 40.5 Å². The van der Waals surface area contributed by atoms with Gasteiger partial charge in [-0.25, -0.2) is 4.98 Å². The van der Waals surface area contributed by atoms with E-state index in [1.807, 2.05) is 7.05 Å². The molecule has 0 saturated heterocycles. The Hall–Kier alpha value is -3.06. The van der Waals surface area contributed by atoms with Gasteiger partial charge in [0.2, 0.25) is 0 Å². The number of carbonyl (C=O) groups excluding carboxylic acids is 1. The fourth-order valence-corrected chi connectivity index (χ4v) is 3.53.